The molecule has 0 aliphatic carbocycles. The van der Waals surface area contributed by atoms with Crippen molar-refractivity contribution in [1.82, 2.24) is 5.32 Å². The molecule has 1 rings (SSSR count). The maximum Gasteiger partial charge on any atom is 0.321 e. The third-order valence-corrected chi connectivity index (χ3v) is 2.21. The van der Waals surface area contributed by atoms with E-state index in [0.717, 1.165) is 0 Å². The molecule has 1 aromatic carbocycles. The summed E-state index contributed by atoms with van der Waals surface area (Å²) in [6, 6.07) is 5.27. The van der Waals surface area contributed by atoms with Crippen molar-refractivity contribution in [2.45, 2.75) is 19.0 Å². The Morgan fingerprint density at radius 2 is 1.88 bits per heavy atom. The topological polar surface area (TPSA) is 107 Å². The highest BCUT2D eigenvalue weighted by Crippen LogP contribution is 2.15. The van der Waals surface area contributed by atoms with Gasteiger partial charge in [-0.3, -0.25) is 14.9 Å². The molecule has 0 unspecified atom stereocenters. The number of nitrogens with one attached hydrogen (secondary N) is 1. The molecule has 0 aliphatic rings. The van der Waals surface area contributed by atoms with Crippen LogP contribution in [0, 0.1) is 0 Å². The second kappa shape index (κ2) is 5.86. The lowest BCUT2D eigenvalue weighted by molar-refractivity contribution is -0.146. The van der Waals surface area contributed by atoms with Crippen molar-refractivity contribution in [2.75, 3.05) is 0 Å². The van der Waals surface area contributed by atoms with Crippen LogP contribution in [0.1, 0.15) is 12.0 Å². The van der Waals surface area contributed by atoms with E-state index in [1.165, 1.54) is 6.07 Å². The lowest BCUT2D eigenvalue weighted by Crippen LogP contribution is -2.38. The number of carboxylic acids is 2. The molecule has 1 atom stereocenters. The van der Waals surface area contributed by atoms with E-state index in [2.05, 4.69) is 5.32 Å². The number of carbonyl (C=O) groups is 2. The van der Waals surface area contributed by atoms with Crippen LogP contribution >= 0.6 is 0 Å². The molecule has 0 fully saturated rings. The van der Waals surface area contributed by atoms with E-state index < -0.39 is 24.4 Å². The van der Waals surface area contributed by atoms with E-state index in [9.17, 15) is 14.7 Å². The molecule has 17 heavy (non-hydrogen) atoms. The monoisotopic (exact) mass is 239 g/mol. The molecule has 6 nitrogen and oxygen atoms in total. The Balaban J connectivity index is 2.61. The maximum atomic E-state index is 10.8. The smallest absolute Gasteiger partial charge is 0.321 e. The largest absolute Gasteiger partial charge is 0.508 e. The van der Waals surface area contributed by atoms with Gasteiger partial charge < -0.3 is 15.3 Å². The number of benzene rings is 1. The third-order valence-electron chi connectivity index (χ3n) is 2.21. The van der Waals surface area contributed by atoms with E-state index in [0.29, 0.717) is 5.56 Å². The molecular formula is C11H13NO5. The number of rotatable bonds is 6. The van der Waals surface area contributed by atoms with E-state index in [4.69, 9.17) is 10.2 Å². The number of hydrogen-bond donors (Lipinski definition) is 4. The van der Waals surface area contributed by atoms with Crippen LogP contribution < -0.4 is 5.32 Å². The Bertz CT molecular complexity index is 418. The summed E-state index contributed by atoms with van der Waals surface area (Å²) in [5, 5.41) is 29.3. The molecule has 0 saturated carbocycles. The first kappa shape index (κ1) is 13.0. The van der Waals surface area contributed by atoms with Gasteiger partial charge >= 0.3 is 11.9 Å². The minimum Gasteiger partial charge on any atom is -0.508 e. The lowest BCUT2D eigenvalue weighted by Gasteiger charge is -2.12. The van der Waals surface area contributed by atoms with Crippen molar-refractivity contribution in [3.8, 4) is 5.75 Å². The summed E-state index contributed by atoms with van der Waals surface area (Å²) in [4.78, 5) is 21.2. The Morgan fingerprint density at radius 1 is 1.24 bits per heavy atom. The zero-order chi connectivity index (χ0) is 12.8. The Morgan fingerprint density at radius 3 is 2.41 bits per heavy atom. The van der Waals surface area contributed by atoms with Gasteiger partial charge in [0.25, 0.3) is 0 Å². The number of aromatic hydroxyl groups is 1. The normalized spacial score (nSPS) is 12.0. The number of hydrogen-bond acceptors (Lipinski definition) is 4. The summed E-state index contributed by atoms with van der Waals surface area (Å²) in [6.45, 7) is 0.0942. The first-order chi connectivity index (χ1) is 8.00. The van der Waals surface area contributed by atoms with Crippen LogP contribution in [0.3, 0.4) is 0 Å². The Kier molecular flexibility index (Phi) is 4.47. The molecular weight excluding hydrogens is 226 g/mol. The summed E-state index contributed by atoms with van der Waals surface area (Å²) in [5.74, 6) is -2.38. The lowest BCUT2D eigenvalue weighted by atomic mass is 10.1. The van der Waals surface area contributed by atoms with Gasteiger partial charge in [0.15, 0.2) is 0 Å². The van der Waals surface area contributed by atoms with Crippen LogP contribution in [0.25, 0.3) is 0 Å². The van der Waals surface area contributed by atoms with E-state index in [1.54, 1.807) is 18.2 Å². The van der Waals surface area contributed by atoms with Gasteiger partial charge in [-0.2, -0.15) is 0 Å². The summed E-state index contributed by atoms with van der Waals surface area (Å²) in [6.07, 6.45) is -0.511. The van der Waals surface area contributed by atoms with Gasteiger partial charge in [-0.05, 0) is 6.07 Å². The summed E-state index contributed by atoms with van der Waals surface area (Å²) in [7, 11) is 0. The molecule has 0 amide bonds. The second-order valence-electron chi connectivity index (χ2n) is 3.50. The highest BCUT2D eigenvalue weighted by atomic mass is 16.4. The van der Waals surface area contributed by atoms with Crippen molar-refractivity contribution in [1.29, 1.82) is 0 Å². The van der Waals surface area contributed by atoms with Gasteiger partial charge in [0.1, 0.15) is 11.8 Å². The number of phenols is 1. The standard InChI is InChI=1S/C11H13NO5/c13-9-4-2-1-3-7(9)6-12-8(11(16)17)5-10(14)15/h1-4,8,12-13H,5-6H2,(H,14,15)(H,16,17)/t8-/m0/s1. The quantitative estimate of drug-likeness (QED) is 0.572. The summed E-state index contributed by atoms with van der Waals surface area (Å²) in [5.41, 5.74) is 0.518. The molecule has 0 bridgehead atoms. The molecule has 0 radical (unpaired) electrons. The maximum absolute atomic E-state index is 10.8. The first-order valence-electron chi connectivity index (χ1n) is 4.95. The Labute approximate surface area is 97.5 Å². The number of phenolic OH excluding ortho intramolecular Hbond substituents is 1. The van der Waals surface area contributed by atoms with Gasteiger partial charge in [0, 0.05) is 12.1 Å². The van der Waals surface area contributed by atoms with Crippen molar-refractivity contribution in [3.05, 3.63) is 29.8 Å². The first-order valence-corrected chi connectivity index (χ1v) is 4.95. The fourth-order valence-electron chi connectivity index (χ4n) is 1.31. The molecule has 0 spiro atoms. The number of para-hydroxylation sites is 1. The predicted octanol–water partition coefficient (Wildman–Crippen LogP) is 0.410. The highest BCUT2D eigenvalue weighted by Gasteiger charge is 2.20. The third kappa shape index (κ3) is 4.12. The van der Waals surface area contributed by atoms with Crippen LogP contribution in [-0.4, -0.2) is 33.3 Å². The van der Waals surface area contributed by atoms with Crippen molar-refractivity contribution < 1.29 is 24.9 Å². The average Bonchev–Trinajstić information content (AvgIpc) is 2.25. The fraction of sp³-hybridized carbons (Fsp3) is 0.273. The Hall–Kier alpha value is -2.08. The van der Waals surface area contributed by atoms with Crippen LogP contribution in [0.4, 0.5) is 0 Å². The van der Waals surface area contributed by atoms with E-state index >= 15 is 0 Å². The van der Waals surface area contributed by atoms with Gasteiger partial charge in [-0.25, -0.2) is 0 Å². The molecule has 1 aromatic rings. The zero-order valence-corrected chi connectivity index (χ0v) is 8.96. The molecule has 0 aliphatic heterocycles. The van der Waals surface area contributed by atoms with Crippen LogP contribution in [0.15, 0.2) is 24.3 Å². The minimum atomic E-state index is -1.23. The van der Waals surface area contributed by atoms with Gasteiger partial charge in [0.05, 0.1) is 6.42 Å². The summed E-state index contributed by atoms with van der Waals surface area (Å²) >= 11 is 0. The molecule has 4 N–H and O–H groups in total. The molecule has 0 saturated heterocycles. The van der Waals surface area contributed by atoms with E-state index in [1.807, 2.05) is 0 Å². The minimum absolute atomic E-state index is 0.0412. The average molecular weight is 239 g/mol. The predicted molar refractivity (Wildman–Crippen MR) is 58.6 cm³/mol. The van der Waals surface area contributed by atoms with Crippen molar-refractivity contribution in [2.24, 2.45) is 0 Å². The SMILES string of the molecule is O=C(O)C[C@H](NCc1ccccc1O)C(=O)O. The van der Waals surface area contributed by atoms with Crippen LogP contribution in [-0.2, 0) is 16.1 Å². The van der Waals surface area contributed by atoms with Gasteiger partial charge in [-0.1, -0.05) is 18.2 Å². The number of aliphatic carboxylic acids is 2. The zero-order valence-electron chi connectivity index (χ0n) is 8.96. The van der Waals surface area contributed by atoms with Crippen LogP contribution in [0.5, 0.6) is 5.75 Å². The molecule has 0 heterocycles. The summed E-state index contributed by atoms with van der Waals surface area (Å²) < 4.78 is 0. The number of carboxylic acid groups (broad SMARTS) is 2. The highest BCUT2D eigenvalue weighted by molar-refractivity contribution is 5.80. The molecule has 6 heteroatoms. The molecule has 92 valence electrons. The van der Waals surface area contributed by atoms with Crippen LogP contribution in [0.2, 0.25) is 0 Å². The van der Waals surface area contributed by atoms with E-state index in [-0.39, 0.29) is 12.3 Å². The van der Waals surface area contributed by atoms with Gasteiger partial charge in [0.2, 0.25) is 0 Å². The van der Waals surface area contributed by atoms with Crippen molar-refractivity contribution in [3.63, 3.8) is 0 Å². The van der Waals surface area contributed by atoms with Crippen molar-refractivity contribution >= 4 is 11.9 Å². The second-order valence-corrected chi connectivity index (χ2v) is 3.50. The van der Waals surface area contributed by atoms with Gasteiger partial charge in [-0.15, -0.1) is 0 Å². The molecule has 0 aromatic heterocycles. The fourth-order valence-corrected chi connectivity index (χ4v) is 1.31.